The van der Waals surface area contributed by atoms with Crippen LogP contribution in [-0.4, -0.2) is 30.1 Å². The maximum Gasteiger partial charge on any atom is 0.416 e. The highest BCUT2D eigenvalue weighted by Gasteiger charge is 2.41. The van der Waals surface area contributed by atoms with Crippen LogP contribution in [0.3, 0.4) is 0 Å². The number of ether oxygens (including phenoxy) is 1. The third-order valence-electron chi connectivity index (χ3n) is 5.70. The van der Waals surface area contributed by atoms with E-state index < -0.39 is 42.2 Å². The molecule has 4 nitrogen and oxygen atoms in total. The van der Waals surface area contributed by atoms with Gasteiger partial charge in [-0.2, -0.15) is 26.3 Å². The lowest BCUT2D eigenvalue weighted by atomic mass is 9.91. The number of carbonyl (C=O) groups excluding carboxylic acids is 1. The molecule has 0 spiro atoms. The van der Waals surface area contributed by atoms with Crippen LogP contribution in [0.25, 0.3) is 0 Å². The second kappa shape index (κ2) is 9.01. The Bertz CT molecular complexity index is 913. The zero-order valence-corrected chi connectivity index (χ0v) is 17.1. The minimum Gasteiger partial charge on any atom is -0.373 e. The SMILES string of the molecule is CN(C(N)=O)C1CCC(OCc2cc(C(F)(F)F)cc(C(F)(F)F)c2)C1c1ccccc1. The molecule has 0 heterocycles. The van der Waals surface area contributed by atoms with Crippen molar-refractivity contribution in [3.05, 3.63) is 70.8 Å². The van der Waals surface area contributed by atoms with Crippen LogP contribution < -0.4 is 5.73 Å². The first-order valence-electron chi connectivity index (χ1n) is 9.85. The summed E-state index contributed by atoms with van der Waals surface area (Å²) in [6, 6.07) is 9.54. The van der Waals surface area contributed by atoms with Crippen LogP contribution in [0.2, 0.25) is 0 Å². The molecule has 3 unspecified atom stereocenters. The molecular weight excluding hydrogens is 438 g/mol. The number of nitrogens with zero attached hydrogens (tertiary/aromatic N) is 1. The van der Waals surface area contributed by atoms with Gasteiger partial charge in [-0.25, -0.2) is 4.79 Å². The first kappa shape index (κ1) is 23.9. The Morgan fingerprint density at radius 3 is 2.06 bits per heavy atom. The van der Waals surface area contributed by atoms with Crippen molar-refractivity contribution in [2.45, 2.75) is 49.9 Å². The lowest BCUT2D eigenvalue weighted by Gasteiger charge is -2.31. The van der Waals surface area contributed by atoms with Gasteiger partial charge in [0.05, 0.1) is 23.8 Å². The van der Waals surface area contributed by atoms with E-state index in [0.29, 0.717) is 25.0 Å². The Balaban J connectivity index is 1.87. The van der Waals surface area contributed by atoms with Crippen molar-refractivity contribution in [3.63, 3.8) is 0 Å². The van der Waals surface area contributed by atoms with E-state index in [1.165, 1.54) is 4.90 Å². The van der Waals surface area contributed by atoms with Crippen molar-refractivity contribution in [3.8, 4) is 0 Å². The van der Waals surface area contributed by atoms with Gasteiger partial charge in [0, 0.05) is 19.0 Å². The first-order valence-corrected chi connectivity index (χ1v) is 9.85. The normalized spacial score (nSPS) is 21.5. The van der Waals surface area contributed by atoms with Crippen molar-refractivity contribution in [1.82, 2.24) is 4.90 Å². The third-order valence-corrected chi connectivity index (χ3v) is 5.70. The molecular formula is C22H22F6N2O2. The molecule has 32 heavy (non-hydrogen) atoms. The van der Waals surface area contributed by atoms with E-state index in [1.807, 2.05) is 18.2 Å². The van der Waals surface area contributed by atoms with Gasteiger partial charge < -0.3 is 15.4 Å². The van der Waals surface area contributed by atoms with Crippen LogP contribution in [0.4, 0.5) is 31.1 Å². The van der Waals surface area contributed by atoms with Crippen LogP contribution in [-0.2, 0) is 23.7 Å². The van der Waals surface area contributed by atoms with Crippen LogP contribution in [0.15, 0.2) is 48.5 Å². The topological polar surface area (TPSA) is 55.6 Å². The smallest absolute Gasteiger partial charge is 0.373 e. The second-order valence-corrected chi connectivity index (χ2v) is 7.79. The number of rotatable bonds is 5. The molecule has 0 aromatic heterocycles. The quantitative estimate of drug-likeness (QED) is 0.594. The zero-order chi connectivity index (χ0) is 23.7. The first-order chi connectivity index (χ1) is 14.9. The summed E-state index contributed by atoms with van der Waals surface area (Å²) in [4.78, 5) is 13.1. The lowest BCUT2D eigenvalue weighted by molar-refractivity contribution is -0.143. The van der Waals surface area contributed by atoms with Crippen LogP contribution >= 0.6 is 0 Å². The Kier molecular flexibility index (Phi) is 6.73. The number of amides is 2. The summed E-state index contributed by atoms with van der Waals surface area (Å²) in [5.41, 5.74) is 3.25. The predicted octanol–water partition coefficient (Wildman–Crippen LogP) is 5.57. The van der Waals surface area contributed by atoms with Crippen LogP contribution in [0.1, 0.15) is 41.0 Å². The molecule has 2 aromatic rings. The molecule has 1 aliphatic carbocycles. The average molecular weight is 460 g/mol. The Hall–Kier alpha value is -2.75. The number of urea groups is 1. The number of benzene rings is 2. The van der Waals surface area contributed by atoms with E-state index in [0.717, 1.165) is 5.56 Å². The van der Waals surface area contributed by atoms with E-state index in [9.17, 15) is 31.1 Å². The maximum absolute atomic E-state index is 13.1. The van der Waals surface area contributed by atoms with Crippen molar-refractivity contribution >= 4 is 6.03 Å². The number of halogens is 6. The molecule has 10 heteroatoms. The van der Waals surface area contributed by atoms with E-state index in [1.54, 1.807) is 19.2 Å². The summed E-state index contributed by atoms with van der Waals surface area (Å²) in [7, 11) is 1.55. The fourth-order valence-corrected chi connectivity index (χ4v) is 4.14. The number of hydrogen-bond donors (Lipinski definition) is 1. The zero-order valence-electron chi connectivity index (χ0n) is 17.1. The van der Waals surface area contributed by atoms with Gasteiger partial charge in [0.15, 0.2) is 0 Å². The van der Waals surface area contributed by atoms with Gasteiger partial charge in [0.1, 0.15) is 0 Å². The van der Waals surface area contributed by atoms with E-state index >= 15 is 0 Å². The third kappa shape index (κ3) is 5.35. The Morgan fingerprint density at radius 2 is 1.56 bits per heavy atom. The number of carbonyl (C=O) groups is 1. The summed E-state index contributed by atoms with van der Waals surface area (Å²) >= 11 is 0. The second-order valence-electron chi connectivity index (χ2n) is 7.79. The monoisotopic (exact) mass is 460 g/mol. The van der Waals surface area contributed by atoms with Crippen molar-refractivity contribution < 1.29 is 35.9 Å². The summed E-state index contributed by atoms with van der Waals surface area (Å²) in [5, 5.41) is 0. The summed E-state index contributed by atoms with van der Waals surface area (Å²) in [6.45, 7) is -0.437. The molecule has 1 fully saturated rings. The minimum absolute atomic E-state index is 0.0870. The van der Waals surface area contributed by atoms with Crippen LogP contribution in [0, 0.1) is 0 Å². The van der Waals surface area contributed by atoms with Crippen LogP contribution in [0.5, 0.6) is 0 Å². The van der Waals surface area contributed by atoms with Gasteiger partial charge in [-0.05, 0) is 42.2 Å². The van der Waals surface area contributed by atoms with Gasteiger partial charge in [0.2, 0.25) is 0 Å². The molecule has 174 valence electrons. The molecule has 1 saturated carbocycles. The van der Waals surface area contributed by atoms with Gasteiger partial charge in [-0.15, -0.1) is 0 Å². The van der Waals surface area contributed by atoms with Crippen molar-refractivity contribution in [2.24, 2.45) is 5.73 Å². The molecule has 3 atom stereocenters. The van der Waals surface area contributed by atoms with Crippen molar-refractivity contribution in [1.29, 1.82) is 0 Å². The minimum atomic E-state index is -4.93. The van der Waals surface area contributed by atoms with Gasteiger partial charge in [-0.1, -0.05) is 30.3 Å². The number of likely N-dealkylation sites (N-methyl/N-ethyl adjacent to an activating group) is 1. The number of alkyl halides is 6. The molecule has 0 aliphatic heterocycles. The molecule has 3 rings (SSSR count). The molecule has 0 bridgehead atoms. The molecule has 2 aromatic carbocycles. The number of hydrogen-bond acceptors (Lipinski definition) is 2. The summed E-state index contributed by atoms with van der Waals surface area (Å²) < 4.78 is 84.6. The fraction of sp³-hybridized carbons (Fsp3) is 0.409. The number of nitrogens with two attached hydrogens (primary N) is 1. The highest BCUT2D eigenvalue weighted by Crippen LogP contribution is 2.41. The molecule has 2 amide bonds. The highest BCUT2D eigenvalue weighted by molar-refractivity contribution is 5.72. The fourth-order valence-electron chi connectivity index (χ4n) is 4.14. The molecule has 1 aliphatic rings. The van der Waals surface area contributed by atoms with Gasteiger partial charge in [-0.3, -0.25) is 0 Å². The summed E-state index contributed by atoms with van der Waals surface area (Å²) in [6.07, 6.45) is -9.38. The van der Waals surface area contributed by atoms with E-state index in [2.05, 4.69) is 0 Å². The maximum atomic E-state index is 13.1. The number of primary amides is 1. The van der Waals surface area contributed by atoms with E-state index in [4.69, 9.17) is 10.5 Å². The molecule has 0 saturated heterocycles. The lowest BCUT2D eigenvalue weighted by Crippen LogP contribution is -2.43. The standard InChI is InChI=1S/C22H22F6N2O2/c1-30(20(29)31)17-7-8-18(19(17)14-5-3-2-4-6-14)32-12-13-9-15(21(23,24)25)11-16(10-13)22(26,27)28/h2-6,9-11,17-19H,7-8,12H2,1H3,(H2,29,31). The predicted molar refractivity (Wildman–Crippen MR) is 105 cm³/mol. The Morgan fingerprint density at radius 1 is 1.00 bits per heavy atom. The summed E-state index contributed by atoms with van der Waals surface area (Å²) in [5.74, 6) is -0.332. The Labute approximate surface area is 181 Å². The average Bonchev–Trinajstić information content (AvgIpc) is 3.14. The van der Waals surface area contributed by atoms with Gasteiger partial charge in [0.25, 0.3) is 0 Å². The van der Waals surface area contributed by atoms with Crippen molar-refractivity contribution in [2.75, 3.05) is 7.05 Å². The highest BCUT2D eigenvalue weighted by atomic mass is 19.4. The van der Waals surface area contributed by atoms with Gasteiger partial charge >= 0.3 is 18.4 Å². The molecule has 2 N–H and O–H groups in total. The largest absolute Gasteiger partial charge is 0.416 e. The molecule has 0 radical (unpaired) electrons. The van der Waals surface area contributed by atoms with E-state index in [-0.39, 0.29) is 23.6 Å².